The number of halogens is 1. The normalized spacial score (nSPS) is 24.1. The van der Waals surface area contributed by atoms with Crippen LogP contribution in [0.1, 0.15) is 44.8 Å². The smallest absolute Gasteiger partial charge is 0.0914 e. The molecule has 2 rings (SSSR count). The Balaban J connectivity index is 1.90. The zero-order valence-electron chi connectivity index (χ0n) is 11.1. The van der Waals surface area contributed by atoms with Gasteiger partial charge in [-0.2, -0.15) is 0 Å². The van der Waals surface area contributed by atoms with Gasteiger partial charge in [-0.15, -0.1) is 0 Å². The van der Waals surface area contributed by atoms with Gasteiger partial charge >= 0.3 is 0 Å². The van der Waals surface area contributed by atoms with Crippen LogP contribution in [-0.2, 0) is 0 Å². The van der Waals surface area contributed by atoms with Crippen LogP contribution in [0.3, 0.4) is 0 Å². The van der Waals surface area contributed by atoms with Gasteiger partial charge in [-0.05, 0) is 36.0 Å². The highest BCUT2D eigenvalue weighted by Crippen LogP contribution is 2.37. The second-order valence-corrected chi connectivity index (χ2v) is 6.83. The number of aliphatic hydroxyl groups is 1. The standard InChI is InChI=1S/C15H22BrNO/c1-15(2)8-4-7-14(15)17-10-13(18)11-5-3-6-12(16)9-11/h3,5-6,9,13-14,17-18H,4,7-8,10H2,1-2H3. The van der Waals surface area contributed by atoms with Gasteiger partial charge in [0.1, 0.15) is 0 Å². The fourth-order valence-corrected chi connectivity index (χ4v) is 3.21. The summed E-state index contributed by atoms with van der Waals surface area (Å²) >= 11 is 3.43. The molecule has 2 N–H and O–H groups in total. The van der Waals surface area contributed by atoms with Crippen molar-refractivity contribution in [1.82, 2.24) is 5.32 Å². The van der Waals surface area contributed by atoms with Crippen LogP contribution in [0, 0.1) is 5.41 Å². The van der Waals surface area contributed by atoms with Crippen molar-refractivity contribution in [3.63, 3.8) is 0 Å². The maximum absolute atomic E-state index is 10.2. The Kier molecular flexibility index (Phi) is 4.46. The largest absolute Gasteiger partial charge is 0.387 e. The molecule has 1 aromatic carbocycles. The lowest BCUT2D eigenvalue weighted by Crippen LogP contribution is -2.39. The highest BCUT2D eigenvalue weighted by atomic mass is 79.9. The van der Waals surface area contributed by atoms with Gasteiger partial charge in [-0.1, -0.05) is 48.3 Å². The van der Waals surface area contributed by atoms with Crippen molar-refractivity contribution in [2.45, 2.75) is 45.3 Å². The van der Waals surface area contributed by atoms with Crippen LogP contribution >= 0.6 is 15.9 Å². The molecular formula is C15H22BrNO. The number of hydrogen-bond acceptors (Lipinski definition) is 2. The van der Waals surface area contributed by atoms with Crippen LogP contribution in [0.2, 0.25) is 0 Å². The van der Waals surface area contributed by atoms with Gasteiger partial charge in [0.05, 0.1) is 6.10 Å². The van der Waals surface area contributed by atoms with Crippen LogP contribution in [-0.4, -0.2) is 17.7 Å². The molecule has 1 aliphatic carbocycles. The first-order valence-corrected chi connectivity index (χ1v) is 7.45. The lowest BCUT2D eigenvalue weighted by molar-refractivity contribution is 0.158. The van der Waals surface area contributed by atoms with Crippen molar-refractivity contribution in [1.29, 1.82) is 0 Å². The molecule has 0 aliphatic heterocycles. The summed E-state index contributed by atoms with van der Waals surface area (Å²) < 4.78 is 1.01. The maximum Gasteiger partial charge on any atom is 0.0914 e. The minimum atomic E-state index is -0.432. The summed E-state index contributed by atoms with van der Waals surface area (Å²) in [6.45, 7) is 5.25. The highest BCUT2D eigenvalue weighted by Gasteiger charge is 2.34. The molecular weight excluding hydrogens is 290 g/mol. The number of nitrogens with one attached hydrogen (secondary N) is 1. The first-order valence-electron chi connectivity index (χ1n) is 6.66. The molecule has 2 nitrogen and oxygen atoms in total. The van der Waals surface area contributed by atoms with Crippen LogP contribution in [0.4, 0.5) is 0 Å². The fraction of sp³-hybridized carbons (Fsp3) is 0.600. The number of aliphatic hydroxyl groups excluding tert-OH is 1. The summed E-state index contributed by atoms with van der Waals surface area (Å²) in [4.78, 5) is 0. The molecule has 0 amide bonds. The molecule has 2 atom stereocenters. The molecule has 0 saturated heterocycles. The molecule has 1 fully saturated rings. The third kappa shape index (κ3) is 3.34. The van der Waals surface area contributed by atoms with Crippen molar-refractivity contribution < 1.29 is 5.11 Å². The third-order valence-electron chi connectivity index (χ3n) is 4.05. The van der Waals surface area contributed by atoms with Gasteiger partial charge < -0.3 is 10.4 Å². The molecule has 1 aliphatic rings. The first kappa shape index (κ1) is 14.0. The van der Waals surface area contributed by atoms with Crippen molar-refractivity contribution in [2.24, 2.45) is 5.41 Å². The summed E-state index contributed by atoms with van der Waals surface area (Å²) in [5, 5.41) is 13.7. The van der Waals surface area contributed by atoms with E-state index in [2.05, 4.69) is 35.1 Å². The Labute approximate surface area is 118 Å². The minimum absolute atomic E-state index is 0.358. The molecule has 0 aromatic heterocycles. The zero-order chi connectivity index (χ0) is 13.2. The molecule has 1 saturated carbocycles. The second kappa shape index (κ2) is 5.72. The van der Waals surface area contributed by atoms with Gasteiger partial charge in [0.25, 0.3) is 0 Å². The Bertz CT molecular complexity index is 405. The SMILES string of the molecule is CC1(C)CCCC1NCC(O)c1cccc(Br)c1. The molecule has 0 bridgehead atoms. The topological polar surface area (TPSA) is 32.3 Å². The molecule has 3 heteroatoms. The summed E-state index contributed by atoms with van der Waals surface area (Å²) in [7, 11) is 0. The van der Waals surface area contributed by atoms with Crippen molar-refractivity contribution in [3.8, 4) is 0 Å². The van der Waals surface area contributed by atoms with Crippen LogP contribution in [0.25, 0.3) is 0 Å². The maximum atomic E-state index is 10.2. The van der Waals surface area contributed by atoms with E-state index in [4.69, 9.17) is 0 Å². The molecule has 18 heavy (non-hydrogen) atoms. The predicted molar refractivity (Wildman–Crippen MR) is 78.5 cm³/mol. The fourth-order valence-electron chi connectivity index (χ4n) is 2.79. The van der Waals surface area contributed by atoms with Crippen molar-refractivity contribution >= 4 is 15.9 Å². The average molecular weight is 312 g/mol. The third-order valence-corrected chi connectivity index (χ3v) is 4.54. The van der Waals surface area contributed by atoms with Crippen LogP contribution < -0.4 is 5.32 Å². The molecule has 2 unspecified atom stereocenters. The summed E-state index contributed by atoms with van der Waals surface area (Å²) in [6.07, 6.45) is 3.35. The molecule has 0 spiro atoms. The molecule has 100 valence electrons. The van der Waals surface area contributed by atoms with E-state index >= 15 is 0 Å². The zero-order valence-corrected chi connectivity index (χ0v) is 12.7. The Morgan fingerprint density at radius 3 is 2.89 bits per heavy atom. The molecule has 1 aromatic rings. The van der Waals surface area contributed by atoms with E-state index in [9.17, 15) is 5.11 Å². The van der Waals surface area contributed by atoms with E-state index in [-0.39, 0.29) is 0 Å². The van der Waals surface area contributed by atoms with Crippen molar-refractivity contribution in [3.05, 3.63) is 34.3 Å². The lowest BCUT2D eigenvalue weighted by atomic mass is 9.87. The van der Waals surface area contributed by atoms with Gasteiger partial charge in [0.2, 0.25) is 0 Å². The molecule has 0 heterocycles. The van der Waals surface area contributed by atoms with E-state index in [0.717, 1.165) is 10.0 Å². The molecule has 0 radical (unpaired) electrons. The van der Waals surface area contributed by atoms with Crippen LogP contribution in [0.15, 0.2) is 28.7 Å². The Hall–Kier alpha value is -0.380. The summed E-state index contributed by atoms with van der Waals surface area (Å²) in [5.41, 5.74) is 1.32. The lowest BCUT2D eigenvalue weighted by Gasteiger charge is -2.29. The quantitative estimate of drug-likeness (QED) is 0.889. The number of hydrogen-bond donors (Lipinski definition) is 2. The van der Waals surface area contributed by atoms with Gasteiger partial charge in [0, 0.05) is 17.1 Å². The number of benzene rings is 1. The van der Waals surface area contributed by atoms with Gasteiger partial charge in [-0.25, -0.2) is 0 Å². The Morgan fingerprint density at radius 1 is 1.50 bits per heavy atom. The average Bonchev–Trinajstić information content (AvgIpc) is 2.65. The van der Waals surface area contributed by atoms with E-state index in [1.807, 2.05) is 24.3 Å². The highest BCUT2D eigenvalue weighted by molar-refractivity contribution is 9.10. The monoisotopic (exact) mass is 311 g/mol. The minimum Gasteiger partial charge on any atom is -0.387 e. The van der Waals surface area contributed by atoms with Crippen LogP contribution in [0.5, 0.6) is 0 Å². The van der Waals surface area contributed by atoms with E-state index in [1.165, 1.54) is 19.3 Å². The summed E-state index contributed by atoms with van der Waals surface area (Å²) in [5.74, 6) is 0. The number of rotatable bonds is 4. The van der Waals surface area contributed by atoms with E-state index in [0.29, 0.717) is 18.0 Å². The van der Waals surface area contributed by atoms with Crippen molar-refractivity contribution in [2.75, 3.05) is 6.54 Å². The van der Waals surface area contributed by atoms with E-state index in [1.54, 1.807) is 0 Å². The predicted octanol–water partition coefficient (Wildman–Crippen LogP) is 3.65. The first-order chi connectivity index (χ1) is 8.49. The van der Waals surface area contributed by atoms with Gasteiger partial charge in [-0.3, -0.25) is 0 Å². The van der Waals surface area contributed by atoms with Gasteiger partial charge in [0.15, 0.2) is 0 Å². The summed E-state index contributed by atoms with van der Waals surface area (Å²) in [6, 6.07) is 8.41. The second-order valence-electron chi connectivity index (χ2n) is 5.91. The van der Waals surface area contributed by atoms with E-state index < -0.39 is 6.10 Å². The Morgan fingerprint density at radius 2 is 2.28 bits per heavy atom.